The van der Waals surface area contributed by atoms with Crippen LogP contribution in [0.3, 0.4) is 0 Å². The first-order valence-corrected chi connectivity index (χ1v) is 8.55. The summed E-state index contributed by atoms with van der Waals surface area (Å²) in [4.78, 5) is 3.68. The fourth-order valence-electron chi connectivity index (χ4n) is 1.16. The Morgan fingerprint density at radius 2 is 1.46 bits per heavy atom. The first kappa shape index (κ1) is 13.4. The van der Waals surface area contributed by atoms with E-state index in [9.17, 15) is 0 Å². The van der Waals surface area contributed by atoms with Crippen molar-refractivity contribution < 1.29 is 0 Å². The second kappa shape index (κ2) is 4.73. The van der Waals surface area contributed by atoms with Gasteiger partial charge < -0.3 is 9.21 Å². The molecule has 0 saturated carbocycles. The zero-order valence-corrected chi connectivity index (χ0v) is 13.2. The summed E-state index contributed by atoms with van der Waals surface area (Å²) in [5, 5.41) is 0. The normalized spacial score (nSPS) is 15.7. The molecule has 0 amide bonds. The Balaban J connectivity index is 4.02. The molecule has 0 aliphatic rings. The van der Waals surface area contributed by atoms with Gasteiger partial charge in [0.15, 0.2) is 9.84 Å². The molecular weight excluding hydrogens is 192 g/mol. The third-order valence-corrected chi connectivity index (χ3v) is 8.40. The summed E-state index contributed by atoms with van der Waals surface area (Å²) in [5.41, 5.74) is 0.671. The molecule has 0 aromatic rings. The van der Waals surface area contributed by atoms with Crippen molar-refractivity contribution in [2.75, 3.05) is 0 Å². The Labute approximate surface area is 88.4 Å². The fraction of sp³-hybridized carbons (Fsp3) is 1.00. The predicted molar refractivity (Wildman–Crippen MR) is 67.4 cm³/mol. The molecule has 2 nitrogen and oxygen atoms in total. The second-order valence-electron chi connectivity index (χ2n) is 5.61. The van der Waals surface area contributed by atoms with Gasteiger partial charge in [-0.05, 0) is 41.5 Å². The summed E-state index contributed by atoms with van der Waals surface area (Å²) in [6.07, 6.45) is 0. The van der Waals surface area contributed by atoms with Gasteiger partial charge in [0.05, 0.1) is 9.68 Å². The van der Waals surface area contributed by atoms with Gasteiger partial charge in [-0.25, -0.2) is 0 Å². The van der Waals surface area contributed by atoms with E-state index in [1.54, 1.807) is 0 Å². The minimum absolute atomic E-state index is 0.0126. The van der Waals surface area contributed by atoms with Crippen molar-refractivity contribution in [3.63, 3.8) is 0 Å². The molecule has 4 heteroatoms. The molecule has 0 aliphatic heterocycles. The summed E-state index contributed by atoms with van der Waals surface area (Å²) >= 11 is 0. The first-order valence-electron chi connectivity index (χ1n) is 5.17. The quantitative estimate of drug-likeness (QED) is 0.698. The molecule has 0 rings (SSSR count). The molecule has 13 heavy (non-hydrogen) atoms. The van der Waals surface area contributed by atoms with Crippen LogP contribution in [0, 0.1) is 0 Å². The van der Waals surface area contributed by atoms with Crippen LogP contribution >= 0.6 is 0 Å². The lowest BCUT2D eigenvalue weighted by atomic mass is 10.1. The summed E-state index contributed by atoms with van der Waals surface area (Å²) in [7, 11) is -0.251. The van der Waals surface area contributed by atoms with E-state index in [0.29, 0.717) is 11.1 Å². The number of nitrogens with zero attached hydrogens (tertiary/aromatic N) is 1. The average Bonchev–Trinajstić information content (AvgIpc) is 1.82. The van der Waals surface area contributed by atoms with Crippen molar-refractivity contribution in [1.29, 1.82) is 0 Å². The highest BCUT2D eigenvalue weighted by Crippen LogP contribution is 2.10. The molecule has 1 N–H and O–H groups in total. The third-order valence-electron chi connectivity index (χ3n) is 2.13. The molecule has 0 heterocycles. The highest BCUT2D eigenvalue weighted by atomic mass is 28.3. The van der Waals surface area contributed by atoms with E-state index in [2.05, 4.69) is 57.3 Å². The Morgan fingerprint density at radius 1 is 1.00 bits per heavy atom. The lowest BCUT2D eigenvalue weighted by Gasteiger charge is -2.37. The minimum Gasteiger partial charge on any atom is -0.339 e. The zero-order valence-electron chi connectivity index (χ0n) is 10.4. The maximum Gasteiger partial charge on any atom is 0.164 e. The second-order valence-corrected chi connectivity index (χ2v) is 9.34. The topological polar surface area (TPSA) is 15.3 Å². The molecule has 0 radical (unpaired) electrons. The molecule has 0 bridgehead atoms. The van der Waals surface area contributed by atoms with Gasteiger partial charge >= 0.3 is 0 Å². The summed E-state index contributed by atoms with van der Waals surface area (Å²) < 4.78 is 2.71. The van der Waals surface area contributed by atoms with Gasteiger partial charge in [-0.3, -0.25) is 0 Å². The minimum atomic E-state index is -0.238. The molecule has 0 aromatic heterocycles. The van der Waals surface area contributed by atoms with E-state index in [1.165, 1.54) is 0 Å². The fourth-order valence-corrected chi connectivity index (χ4v) is 4.47. The van der Waals surface area contributed by atoms with Gasteiger partial charge in [0.25, 0.3) is 0 Å². The van der Waals surface area contributed by atoms with E-state index in [4.69, 9.17) is 0 Å². The van der Waals surface area contributed by atoms with Crippen molar-refractivity contribution in [2.45, 2.75) is 59.2 Å². The lowest BCUT2D eigenvalue weighted by molar-refractivity contribution is 0.363. The van der Waals surface area contributed by atoms with E-state index in [0.717, 1.165) is 0 Å². The summed E-state index contributed by atoms with van der Waals surface area (Å²) in [5.74, 6) is 0. The highest BCUT2D eigenvalue weighted by molar-refractivity contribution is 6.48. The van der Waals surface area contributed by atoms with Crippen molar-refractivity contribution >= 4 is 19.5 Å². The average molecular weight is 218 g/mol. The van der Waals surface area contributed by atoms with Gasteiger partial charge in [-0.2, -0.15) is 0 Å². The molecule has 0 atom stereocenters. The van der Waals surface area contributed by atoms with Crippen LogP contribution in [0.15, 0.2) is 0 Å². The van der Waals surface area contributed by atoms with E-state index in [1.807, 2.05) is 0 Å². The molecule has 0 spiro atoms. The summed E-state index contributed by atoms with van der Waals surface area (Å²) in [6, 6.07) is 0. The van der Waals surface area contributed by atoms with E-state index in [-0.39, 0.29) is 19.5 Å². The van der Waals surface area contributed by atoms with Crippen LogP contribution in [0.2, 0.25) is 6.55 Å². The Morgan fingerprint density at radius 3 is 1.69 bits per heavy atom. The number of hydrogen-bond donors (Lipinski definition) is 1. The van der Waals surface area contributed by atoms with Gasteiger partial charge in [-0.15, -0.1) is 0 Å². The molecule has 0 aliphatic carbocycles. The van der Waals surface area contributed by atoms with Crippen molar-refractivity contribution in [3.05, 3.63) is 0 Å². The van der Waals surface area contributed by atoms with Crippen LogP contribution in [0.4, 0.5) is 0 Å². The van der Waals surface area contributed by atoms with Crippen LogP contribution in [0.5, 0.6) is 0 Å². The number of nitrogens with one attached hydrogen (secondary N) is 1. The van der Waals surface area contributed by atoms with Gasteiger partial charge in [-0.1, -0.05) is 6.55 Å². The number of rotatable bonds is 3. The van der Waals surface area contributed by atoms with E-state index < -0.39 is 0 Å². The monoisotopic (exact) mass is 218 g/mol. The zero-order chi connectivity index (χ0) is 10.7. The smallest absolute Gasteiger partial charge is 0.164 e. The molecule has 0 saturated heterocycles. The highest BCUT2D eigenvalue weighted by Gasteiger charge is 2.20. The van der Waals surface area contributed by atoms with E-state index >= 15 is 0 Å². The van der Waals surface area contributed by atoms with Crippen molar-refractivity contribution in [3.8, 4) is 0 Å². The third kappa shape index (κ3) is 6.43. The molecule has 0 aromatic carbocycles. The van der Waals surface area contributed by atoms with Crippen LogP contribution in [0.25, 0.3) is 0 Å². The first-order chi connectivity index (χ1) is 5.67. The van der Waals surface area contributed by atoms with Crippen LogP contribution in [-0.4, -0.2) is 34.8 Å². The Bertz CT molecular complexity index is 147. The van der Waals surface area contributed by atoms with Crippen LogP contribution < -0.4 is 4.98 Å². The lowest BCUT2D eigenvalue weighted by Crippen LogP contribution is -2.54. The van der Waals surface area contributed by atoms with Gasteiger partial charge in [0, 0.05) is 11.1 Å². The standard InChI is InChI=1S/C9H26N2Si2/c1-8(2,3)10-13-11(12-7)9(4,5)6/h10H,12-13H2,1-7H3. The maximum atomic E-state index is 3.68. The molecule has 0 fully saturated rings. The largest absolute Gasteiger partial charge is 0.339 e. The molecular formula is C9H26N2Si2. The maximum absolute atomic E-state index is 3.68. The van der Waals surface area contributed by atoms with Crippen LogP contribution in [-0.2, 0) is 0 Å². The molecule has 0 unspecified atom stereocenters. The number of hydrogen-bond acceptors (Lipinski definition) is 2. The van der Waals surface area contributed by atoms with Crippen LogP contribution in [0.1, 0.15) is 41.5 Å². The van der Waals surface area contributed by atoms with Gasteiger partial charge in [0.1, 0.15) is 0 Å². The molecule has 80 valence electrons. The SMILES string of the molecule is C[SiH2]N([SiH2]NC(C)(C)C)C(C)(C)C. The predicted octanol–water partition coefficient (Wildman–Crippen LogP) is 0.606. The van der Waals surface area contributed by atoms with Crippen molar-refractivity contribution in [1.82, 2.24) is 9.21 Å². The van der Waals surface area contributed by atoms with Crippen molar-refractivity contribution in [2.24, 2.45) is 0 Å². The Kier molecular flexibility index (Phi) is 4.86. The summed E-state index contributed by atoms with van der Waals surface area (Å²) in [6.45, 7) is 16.1. The Hall–Kier alpha value is 0.354. The van der Waals surface area contributed by atoms with Gasteiger partial charge in [0.2, 0.25) is 0 Å².